The fraction of sp³-hybridized carbons (Fsp3) is 0.407. The van der Waals surface area contributed by atoms with Crippen molar-refractivity contribution in [3.05, 3.63) is 62.5 Å². The van der Waals surface area contributed by atoms with Crippen molar-refractivity contribution >= 4 is 44.9 Å². The first-order valence-corrected chi connectivity index (χ1v) is 13.5. The Labute approximate surface area is 214 Å². The average molecular weight is 545 g/mol. The molecule has 0 atom stereocenters. The molecule has 0 bridgehead atoms. The number of carbonyl (C=O) groups is 2. The van der Waals surface area contributed by atoms with Gasteiger partial charge in [-0.2, -0.15) is 0 Å². The van der Waals surface area contributed by atoms with Gasteiger partial charge in [0.15, 0.2) is 11.5 Å². The molecular formula is C27H30BrNO4S. The van der Waals surface area contributed by atoms with Crippen molar-refractivity contribution in [3.63, 3.8) is 0 Å². The standard InChI is InChI=1S/C27H30BrNO4S/c1-3-32-23-13-21(22(28)15-24(23)33-17-20-11-9-18(2)10-12-20)14-25-26(30)29(27(31)34-25)16-19-7-5-4-6-8-19/h9-15,19H,3-8,16-17H2,1-2H3/b25-14+. The fourth-order valence-electron chi connectivity index (χ4n) is 4.31. The van der Waals surface area contributed by atoms with E-state index in [4.69, 9.17) is 9.47 Å². The summed E-state index contributed by atoms with van der Waals surface area (Å²) in [7, 11) is 0. The zero-order valence-electron chi connectivity index (χ0n) is 19.6. The summed E-state index contributed by atoms with van der Waals surface area (Å²) in [5, 5.41) is -0.180. The number of hydrogen-bond acceptors (Lipinski definition) is 5. The molecule has 4 rings (SSSR count). The second-order valence-electron chi connectivity index (χ2n) is 8.82. The number of imide groups is 1. The van der Waals surface area contributed by atoms with Crippen molar-refractivity contribution in [2.24, 2.45) is 5.92 Å². The van der Waals surface area contributed by atoms with Crippen molar-refractivity contribution < 1.29 is 19.1 Å². The van der Waals surface area contributed by atoms with Crippen LogP contribution >= 0.6 is 27.7 Å². The second-order valence-corrected chi connectivity index (χ2v) is 10.7. The highest BCUT2D eigenvalue weighted by Gasteiger charge is 2.36. The molecule has 180 valence electrons. The summed E-state index contributed by atoms with van der Waals surface area (Å²) in [6, 6.07) is 11.9. The first-order valence-electron chi connectivity index (χ1n) is 11.8. The maximum absolute atomic E-state index is 13.0. The van der Waals surface area contributed by atoms with Gasteiger partial charge in [0.05, 0.1) is 11.5 Å². The monoisotopic (exact) mass is 543 g/mol. The number of benzene rings is 2. The molecule has 1 saturated heterocycles. The molecule has 2 aromatic rings. The van der Waals surface area contributed by atoms with Crippen LogP contribution in [0.2, 0.25) is 0 Å². The summed E-state index contributed by atoms with van der Waals surface area (Å²) >= 11 is 4.62. The molecule has 34 heavy (non-hydrogen) atoms. The molecule has 1 saturated carbocycles. The van der Waals surface area contributed by atoms with E-state index < -0.39 is 0 Å². The Morgan fingerprint density at radius 2 is 1.76 bits per heavy atom. The van der Waals surface area contributed by atoms with Gasteiger partial charge in [0.25, 0.3) is 11.1 Å². The lowest BCUT2D eigenvalue weighted by Crippen LogP contribution is -2.34. The van der Waals surface area contributed by atoms with Crippen molar-refractivity contribution in [1.82, 2.24) is 4.90 Å². The second kappa shape index (κ2) is 11.5. The van der Waals surface area contributed by atoms with Gasteiger partial charge in [-0.1, -0.05) is 65.0 Å². The number of rotatable bonds is 8. The Kier molecular flexibility index (Phi) is 8.37. The topological polar surface area (TPSA) is 55.8 Å². The number of nitrogens with zero attached hydrogens (tertiary/aromatic N) is 1. The van der Waals surface area contributed by atoms with Gasteiger partial charge in [-0.05, 0) is 73.7 Å². The molecule has 7 heteroatoms. The molecule has 2 aromatic carbocycles. The van der Waals surface area contributed by atoms with E-state index in [9.17, 15) is 9.59 Å². The maximum atomic E-state index is 13.0. The van der Waals surface area contributed by atoms with E-state index in [1.807, 2.05) is 31.2 Å². The molecule has 0 spiro atoms. The number of amides is 2. The van der Waals surface area contributed by atoms with Crippen molar-refractivity contribution in [3.8, 4) is 11.5 Å². The van der Waals surface area contributed by atoms with E-state index in [0.717, 1.165) is 40.2 Å². The van der Waals surface area contributed by atoms with Crippen LogP contribution in [0.15, 0.2) is 45.8 Å². The third-order valence-corrected chi connectivity index (χ3v) is 7.80. The molecule has 0 N–H and O–H groups in total. The lowest BCUT2D eigenvalue weighted by atomic mass is 9.89. The van der Waals surface area contributed by atoms with E-state index in [2.05, 4.69) is 35.0 Å². The smallest absolute Gasteiger partial charge is 0.293 e. The number of halogens is 1. The first kappa shape index (κ1) is 24.9. The zero-order chi connectivity index (χ0) is 24.1. The molecule has 2 amide bonds. The minimum atomic E-state index is -0.204. The number of ether oxygens (including phenoxy) is 2. The van der Waals surface area contributed by atoms with E-state index in [0.29, 0.717) is 42.1 Å². The summed E-state index contributed by atoms with van der Waals surface area (Å²) in [5.41, 5.74) is 3.04. The van der Waals surface area contributed by atoms with Gasteiger partial charge in [0, 0.05) is 11.0 Å². The molecule has 1 aliphatic carbocycles. The Morgan fingerprint density at radius 1 is 1.06 bits per heavy atom. The minimum Gasteiger partial charge on any atom is -0.490 e. The highest BCUT2D eigenvalue weighted by molar-refractivity contribution is 9.10. The van der Waals surface area contributed by atoms with Gasteiger partial charge in [-0.25, -0.2) is 0 Å². The van der Waals surface area contributed by atoms with Gasteiger partial charge in [0.2, 0.25) is 0 Å². The van der Waals surface area contributed by atoms with Crippen LogP contribution in [0.1, 0.15) is 55.7 Å². The summed E-state index contributed by atoms with van der Waals surface area (Å²) < 4.78 is 12.7. The van der Waals surface area contributed by atoms with E-state index in [1.165, 1.54) is 29.7 Å². The fourth-order valence-corrected chi connectivity index (χ4v) is 5.59. The molecule has 1 heterocycles. The summed E-state index contributed by atoms with van der Waals surface area (Å²) in [6.07, 6.45) is 7.56. The van der Waals surface area contributed by atoms with Gasteiger partial charge in [0.1, 0.15) is 6.61 Å². The largest absolute Gasteiger partial charge is 0.490 e. The number of thioether (sulfide) groups is 1. The predicted octanol–water partition coefficient (Wildman–Crippen LogP) is 7.35. The molecule has 2 aliphatic rings. The predicted molar refractivity (Wildman–Crippen MR) is 140 cm³/mol. The van der Waals surface area contributed by atoms with Crippen molar-refractivity contribution in [2.75, 3.05) is 13.2 Å². The normalized spacial score (nSPS) is 18.1. The molecule has 5 nitrogen and oxygen atoms in total. The SMILES string of the molecule is CCOc1cc(/C=C2/SC(=O)N(CC3CCCCC3)C2=O)c(Br)cc1OCc1ccc(C)cc1. The average Bonchev–Trinajstić information content (AvgIpc) is 3.09. The van der Waals surface area contributed by atoms with Crippen LogP contribution in [-0.2, 0) is 11.4 Å². The molecular weight excluding hydrogens is 514 g/mol. The highest BCUT2D eigenvalue weighted by atomic mass is 79.9. The lowest BCUT2D eigenvalue weighted by molar-refractivity contribution is -0.123. The van der Waals surface area contributed by atoms with Crippen LogP contribution in [0.5, 0.6) is 11.5 Å². The molecule has 0 aromatic heterocycles. The number of carbonyl (C=O) groups excluding carboxylic acids is 2. The van der Waals surface area contributed by atoms with Crippen LogP contribution in [0.25, 0.3) is 6.08 Å². The molecule has 0 radical (unpaired) electrons. The third-order valence-electron chi connectivity index (χ3n) is 6.20. The molecule has 0 unspecified atom stereocenters. The molecule has 1 aliphatic heterocycles. The quantitative estimate of drug-likeness (QED) is 0.325. The number of aryl methyl sites for hydroxylation is 1. The summed E-state index contributed by atoms with van der Waals surface area (Å²) in [6.45, 7) is 5.41. The minimum absolute atomic E-state index is 0.180. The Morgan fingerprint density at radius 3 is 2.47 bits per heavy atom. The summed E-state index contributed by atoms with van der Waals surface area (Å²) in [5.74, 6) is 1.44. The van der Waals surface area contributed by atoms with Crippen LogP contribution in [0.3, 0.4) is 0 Å². The zero-order valence-corrected chi connectivity index (χ0v) is 22.0. The van der Waals surface area contributed by atoms with E-state index >= 15 is 0 Å². The van der Waals surface area contributed by atoms with Crippen LogP contribution < -0.4 is 9.47 Å². The van der Waals surface area contributed by atoms with Crippen LogP contribution in [0.4, 0.5) is 4.79 Å². The summed E-state index contributed by atoms with van der Waals surface area (Å²) in [4.78, 5) is 27.5. The van der Waals surface area contributed by atoms with Gasteiger partial charge < -0.3 is 9.47 Å². The number of hydrogen-bond donors (Lipinski definition) is 0. The maximum Gasteiger partial charge on any atom is 0.293 e. The van der Waals surface area contributed by atoms with Gasteiger partial charge in [-0.15, -0.1) is 0 Å². The van der Waals surface area contributed by atoms with E-state index in [1.54, 1.807) is 6.08 Å². The first-order chi connectivity index (χ1) is 16.4. The Hall–Kier alpha value is -2.25. The Bertz CT molecular complexity index is 1080. The van der Waals surface area contributed by atoms with Crippen molar-refractivity contribution in [2.45, 2.75) is 52.6 Å². The van der Waals surface area contributed by atoms with Crippen LogP contribution in [-0.4, -0.2) is 29.2 Å². The van der Waals surface area contributed by atoms with Gasteiger partial charge in [-0.3, -0.25) is 14.5 Å². The Balaban J connectivity index is 1.51. The van der Waals surface area contributed by atoms with E-state index in [-0.39, 0.29) is 11.1 Å². The van der Waals surface area contributed by atoms with Crippen molar-refractivity contribution in [1.29, 1.82) is 0 Å². The third kappa shape index (κ3) is 6.05. The highest BCUT2D eigenvalue weighted by Crippen LogP contribution is 2.39. The van der Waals surface area contributed by atoms with Gasteiger partial charge >= 0.3 is 0 Å². The van der Waals surface area contributed by atoms with Crippen LogP contribution in [0, 0.1) is 12.8 Å². The molecule has 2 fully saturated rings. The lowest BCUT2D eigenvalue weighted by Gasteiger charge is -2.25.